The number of carbonyl (C=O) groups is 2. The molecule has 0 saturated carbocycles. The molecule has 16 heavy (non-hydrogen) atoms. The van der Waals surface area contributed by atoms with Crippen LogP contribution in [0.5, 0.6) is 0 Å². The topological polar surface area (TPSA) is 52.6 Å². The lowest BCUT2D eigenvalue weighted by atomic mass is 10.2. The van der Waals surface area contributed by atoms with Gasteiger partial charge in [-0.1, -0.05) is 26.7 Å². The molecule has 0 heterocycles. The van der Waals surface area contributed by atoms with E-state index in [1.165, 1.54) is 7.11 Å². The highest BCUT2D eigenvalue weighted by Gasteiger charge is 2.16. The lowest BCUT2D eigenvalue weighted by Gasteiger charge is -2.14. The van der Waals surface area contributed by atoms with E-state index in [2.05, 4.69) is 11.7 Å². The minimum absolute atomic E-state index is 0.145. The summed E-state index contributed by atoms with van der Waals surface area (Å²) >= 11 is 0. The van der Waals surface area contributed by atoms with Gasteiger partial charge in [0, 0.05) is 6.42 Å². The van der Waals surface area contributed by atoms with Gasteiger partial charge >= 0.3 is 11.9 Å². The van der Waals surface area contributed by atoms with Gasteiger partial charge in [0.25, 0.3) is 0 Å². The second-order valence-electron chi connectivity index (χ2n) is 3.76. The Labute approximate surface area is 97.3 Å². The van der Waals surface area contributed by atoms with Crippen molar-refractivity contribution in [2.45, 2.75) is 58.5 Å². The number of unbranched alkanes of at least 4 members (excludes halogenated alkanes) is 2. The van der Waals surface area contributed by atoms with Crippen LogP contribution in [-0.4, -0.2) is 25.2 Å². The van der Waals surface area contributed by atoms with Gasteiger partial charge in [0.15, 0.2) is 0 Å². The van der Waals surface area contributed by atoms with Gasteiger partial charge in [-0.3, -0.25) is 9.59 Å². The minimum Gasteiger partial charge on any atom is -0.469 e. The molecule has 4 nitrogen and oxygen atoms in total. The van der Waals surface area contributed by atoms with Gasteiger partial charge in [-0.25, -0.2) is 0 Å². The zero-order valence-corrected chi connectivity index (χ0v) is 10.5. The van der Waals surface area contributed by atoms with Gasteiger partial charge in [-0.05, 0) is 12.8 Å². The standard InChI is InChI=1S/C12H22O4/c1-4-6-7-8-11(13)16-10(5-2)9-12(14)15-3/h10H,4-9H2,1-3H3. The van der Waals surface area contributed by atoms with Gasteiger partial charge in [0.2, 0.25) is 0 Å². The molecule has 0 amide bonds. The molecule has 0 aromatic rings. The van der Waals surface area contributed by atoms with Crippen LogP contribution in [0.4, 0.5) is 0 Å². The lowest BCUT2D eigenvalue weighted by Crippen LogP contribution is -2.21. The molecule has 0 aromatic carbocycles. The Morgan fingerprint density at radius 2 is 1.81 bits per heavy atom. The summed E-state index contributed by atoms with van der Waals surface area (Å²) in [6.07, 6.45) is 3.83. The maximum absolute atomic E-state index is 11.4. The van der Waals surface area contributed by atoms with E-state index in [1.807, 2.05) is 6.92 Å². The predicted octanol–water partition coefficient (Wildman–Crippen LogP) is 2.45. The molecule has 1 atom stereocenters. The summed E-state index contributed by atoms with van der Waals surface area (Å²) in [6.45, 7) is 3.96. The van der Waals surface area contributed by atoms with Crippen LogP contribution >= 0.6 is 0 Å². The zero-order valence-electron chi connectivity index (χ0n) is 10.5. The van der Waals surface area contributed by atoms with Crippen LogP contribution in [0.1, 0.15) is 52.4 Å². The Bertz CT molecular complexity index is 213. The second kappa shape index (κ2) is 9.19. The highest BCUT2D eigenvalue weighted by molar-refractivity contribution is 5.72. The number of rotatable bonds is 8. The van der Waals surface area contributed by atoms with E-state index in [1.54, 1.807) is 0 Å². The fourth-order valence-corrected chi connectivity index (χ4v) is 1.30. The average molecular weight is 230 g/mol. The molecule has 0 bridgehead atoms. The molecular formula is C12H22O4. The smallest absolute Gasteiger partial charge is 0.309 e. The van der Waals surface area contributed by atoms with Crippen LogP contribution in [0.25, 0.3) is 0 Å². The van der Waals surface area contributed by atoms with Crippen LogP contribution in [0, 0.1) is 0 Å². The maximum Gasteiger partial charge on any atom is 0.309 e. The van der Waals surface area contributed by atoms with Crippen molar-refractivity contribution in [1.29, 1.82) is 0 Å². The van der Waals surface area contributed by atoms with E-state index in [0.29, 0.717) is 12.8 Å². The Balaban J connectivity index is 3.83. The van der Waals surface area contributed by atoms with Crippen LogP contribution in [0.3, 0.4) is 0 Å². The van der Waals surface area contributed by atoms with Crippen LogP contribution in [0.15, 0.2) is 0 Å². The summed E-state index contributed by atoms with van der Waals surface area (Å²) in [7, 11) is 1.33. The van der Waals surface area contributed by atoms with Crippen molar-refractivity contribution in [1.82, 2.24) is 0 Å². The highest BCUT2D eigenvalue weighted by Crippen LogP contribution is 2.08. The fourth-order valence-electron chi connectivity index (χ4n) is 1.30. The van der Waals surface area contributed by atoms with Crippen molar-refractivity contribution in [2.24, 2.45) is 0 Å². The first-order chi connectivity index (χ1) is 7.63. The summed E-state index contributed by atoms with van der Waals surface area (Å²) < 4.78 is 9.71. The predicted molar refractivity (Wildman–Crippen MR) is 60.9 cm³/mol. The molecule has 0 spiro atoms. The minimum atomic E-state index is -0.346. The molecule has 0 aliphatic carbocycles. The summed E-state index contributed by atoms with van der Waals surface area (Å²) in [4.78, 5) is 22.4. The fraction of sp³-hybridized carbons (Fsp3) is 0.833. The zero-order chi connectivity index (χ0) is 12.4. The van der Waals surface area contributed by atoms with Gasteiger partial charge in [-0.2, -0.15) is 0 Å². The van der Waals surface area contributed by atoms with Gasteiger partial charge in [-0.15, -0.1) is 0 Å². The first-order valence-corrected chi connectivity index (χ1v) is 5.90. The van der Waals surface area contributed by atoms with E-state index in [9.17, 15) is 9.59 Å². The molecule has 0 radical (unpaired) electrons. The monoisotopic (exact) mass is 230 g/mol. The highest BCUT2D eigenvalue weighted by atomic mass is 16.6. The molecule has 0 aliphatic heterocycles. The SMILES string of the molecule is CCCCCC(=O)OC(CC)CC(=O)OC. The Morgan fingerprint density at radius 1 is 1.12 bits per heavy atom. The second-order valence-corrected chi connectivity index (χ2v) is 3.76. The number of esters is 2. The van der Waals surface area contributed by atoms with E-state index >= 15 is 0 Å². The van der Waals surface area contributed by atoms with Gasteiger partial charge in [0.05, 0.1) is 13.5 Å². The normalized spacial score (nSPS) is 11.9. The van der Waals surface area contributed by atoms with E-state index in [-0.39, 0.29) is 24.5 Å². The lowest BCUT2D eigenvalue weighted by molar-refractivity contribution is -0.154. The maximum atomic E-state index is 11.4. The molecule has 0 fully saturated rings. The molecule has 94 valence electrons. The third kappa shape index (κ3) is 7.26. The van der Waals surface area contributed by atoms with Crippen LogP contribution < -0.4 is 0 Å². The average Bonchev–Trinajstić information content (AvgIpc) is 2.28. The third-order valence-electron chi connectivity index (χ3n) is 2.36. The van der Waals surface area contributed by atoms with Crippen molar-refractivity contribution in [3.8, 4) is 0 Å². The third-order valence-corrected chi connectivity index (χ3v) is 2.36. The molecule has 0 saturated heterocycles. The van der Waals surface area contributed by atoms with Crippen LogP contribution in [0.2, 0.25) is 0 Å². The van der Waals surface area contributed by atoms with E-state index < -0.39 is 0 Å². The first-order valence-electron chi connectivity index (χ1n) is 5.90. The molecule has 0 N–H and O–H groups in total. The Kier molecular flexibility index (Phi) is 8.58. The van der Waals surface area contributed by atoms with Crippen molar-refractivity contribution < 1.29 is 19.1 Å². The Hall–Kier alpha value is -1.06. The summed E-state index contributed by atoms with van der Waals surface area (Å²) in [5.74, 6) is -0.558. The largest absolute Gasteiger partial charge is 0.469 e. The number of ether oxygens (including phenoxy) is 2. The summed E-state index contributed by atoms with van der Waals surface area (Å²) in [6, 6.07) is 0. The summed E-state index contributed by atoms with van der Waals surface area (Å²) in [5.41, 5.74) is 0. The number of methoxy groups -OCH3 is 1. The van der Waals surface area contributed by atoms with Gasteiger partial charge in [0.1, 0.15) is 6.10 Å². The van der Waals surface area contributed by atoms with E-state index in [0.717, 1.165) is 19.3 Å². The van der Waals surface area contributed by atoms with Gasteiger partial charge < -0.3 is 9.47 Å². The molecule has 0 rings (SSSR count). The molecular weight excluding hydrogens is 208 g/mol. The molecule has 0 aliphatic rings. The quantitative estimate of drug-likeness (QED) is 0.475. The Morgan fingerprint density at radius 3 is 2.31 bits per heavy atom. The molecule has 0 aromatic heterocycles. The summed E-state index contributed by atoms with van der Waals surface area (Å²) in [5, 5.41) is 0. The van der Waals surface area contributed by atoms with Crippen molar-refractivity contribution in [2.75, 3.05) is 7.11 Å². The number of carbonyl (C=O) groups excluding carboxylic acids is 2. The number of hydrogen-bond donors (Lipinski definition) is 0. The van der Waals surface area contributed by atoms with Crippen molar-refractivity contribution in [3.05, 3.63) is 0 Å². The first kappa shape index (κ1) is 14.9. The van der Waals surface area contributed by atoms with Crippen LogP contribution in [-0.2, 0) is 19.1 Å². The van der Waals surface area contributed by atoms with Crippen molar-refractivity contribution in [3.63, 3.8) is 0 Å². The van der Waals surface area contributed by atoms with Crippen molar-refractivity contribution >= 4 is 11.9 Å². The molecule has 1 unspecified atom stereocenters. The van der Waals surface area contributed by atoms with E-state index in [4.69, 9.17) is 4.74 Å². The number of hydrogen-bond acceptors (Lipinski definition) is 4. The molecule has 4 heteroatoms.